The molecule has 0 unspecified atom stereocenters. The molecule has 154 valence electrons. The number of benzene rings is 1. The smallest absolute Gasteiger partial charge is 0.325 e. The van der Waals surface area contributed by atoms with E-state index in [1.165, 1.54) is 12.1 Å². The molecular weight excluding hydrogens is 384 g/mol. The van der Waals surface area contributed by atoms with E-state index in [1.807, 2.05) is 0 Å². The Morgan fingerprint density at radius 3 is 2.48 bits per heavy atom. The van der Waals surface area contributed by atoms with Gasteiger partial charge in [0.2, 0.25) is 5.91 Å². The van der Waals surface area contributed by atoms with Crippen LogP contribution in [-0.4, -0.2) is 53.0 Å². The molecule has 1 saturated carbocycles. The quantitative estimate of drug-likeness (QED) is 0.441. The fourth-order valence-corrected chi connectivity index (χ4v) is 3.92. The van der Waals surface area contributed by atoms with Gasteiger partial charge in [-0.3, -0.25) is 24.6 Å². The molecule has 2 heterocycles. The van der Waals surface area contributed by atoms with E-state index in [-0.39, 0.29) is 22.9 Å². The van der Waals surface area contributed by atoms with Crippen molar-refractivity contribution in [3.8, 4) is 11.5 Å². The lowest BCUT2D eigenvalue weighted by Gasteiger charge is -2.19. The molecular formula is C18H20N4O7. The van der Waals surface area contributed by atoms with Crippen molar-refractivity contribution in [2.75, 3.05) is 25.1 Å². The number of carbonyl (C=O) groups excluding carboxylic acids is 3. The van der Waals surface area contributed by atoms with Crippen LogP contribution < -0.4 is 20.1 Å². The first-order valence-electron chi connectivity index (χ1n) is 9.42. The normalized spacial score (nSPS) is 19.8. The van der Waals surface area contributed by atoms with E-state index in [1.54, 1.807) is 0 Å². The predicted molar refractivity (Wildman–Crippen MR) is 98.8 cm³/mol. The van der Waals surface area contributed by atoms with Gasteiger partial charge in [0.25, 0.3) is 11.6 Å². The summed E-state index contributed by atoms with van der Waals surface area (Å²) in [5.74, 6) is -0.641. The molecule has 0 aromatic heterocycles. The van der Waals surface area contributed by atoms with Gasteiger partial charge in [0.15, 0.2) is 11.5 Å². The Hall–Kier alpha value is -3.37. The summed E-state index contributed by atoms with van der Waals surface area (Å²) in [5, 5.41) is 16.5. The number of nitrogens with zero attached hydrogens (tertiary/aromatic N) is 2. The summed E-state index contributed by atoms with van der Waals surface area (Å²) in [4.78, 5) is 49.0. The highest BCUT2D eigenvalue weighted by Gasteiger charge is 2.52. The second kappa shape index (κ2) is 7.22. The van der Waals surface area contributed by atoms with Crippen molar-refractivity contribution in [2.45, 2.75) is 37.6 Å². The number of fused-ring (bicyclic) bond motifs is 1. The van der Waals surface area contributed by atoms with Crippen LogP contribution in [-0.2, 0) is 9.59 Å². The van der Waals surface area contributed by atoms with Crippen molar-refractivity contribution >= 4 is 29.2 Å². The molecule has 11 nitrogen and oxygen atoms in total. The Morgan fingerprint density at radius 1 is 1.17 bits per heavy atom. The van der Waals surface area contributed by atoms with Gasteiger partial charge in [0, 0.05) is 12.5 Å². The molecule has 1 aromatic carbocycles. The molecule has 29 heavy (non-hydrogen) atoms. The fourth-order valence-electron chi connectivity index (χ4n) is 3.92. The number of carbonyl (C=O) groups is 3. The number of rotatable bonds is 4. The molecule has 0 atom stereocenters. The molecule has 2 aliphatic heterocycles. The van der Waals surface area contributed by atoms with Crippen LogP contribution in [0.1, 0.15) is 32.1 Å². The lowest BCUT2D eigenvalue weighted by molar-refractivity contribution is -0.384. The maximum absolute atomic E-state index is 12.7. The number of imide groups is 1. The highest BCUT2D eigenvalue weighted by Crippen LogP contribution is 2.39. The van der Waals surface area contributed by atoms with Gasteiger partial charge in [-0.1, -0.05) is 12.8 Å². The van der Waals surface area contributed by atoms with Crippen LogP contribution in [0.15, 0.2) is 12.1 Å². The molecule has 3 aliphatic rings. The summed E-state index contributed by atoms with van der Waals surface area (Å²) >= 11 is 0. The third-order valence-corrected chi connectivity index (χ3v) is 5.34. The molecule has 1 aliphatic carbocycles. The van der Waals surface area contributed by atoms with Crippen molar-refractivity contribution in [1.29, 1.82) is 0 Å². The summed E-state index contributed by atoms with van der Waals surface area (Å²) in [5.41, 5.74) is -1.38. The zero-order valence-corrected chi connectivity index (χ0v) is 15.6. The van der Waals surface area contributed by atoms with Crippen molar-refractivity contribution in [3.63, 3.8) is 0 Å². The molecule has 11 heteroatoms. The van der Waals surface area contributed by atoms with Crippen LogP contribution in [0.4, 0.5) is 16.2 Å². The number of urea groups is 1. The fraction of sp³-hybridized carbons (Fsp3) is 0.500. The minimum Gasteiger partial charge on any atom is -0.489 e. The van der Waals surface area contributed by atoms with Gasteiger partial charge in [-0.15, -0.1) is 0 Å². The van der Waals surface area contributed by atoms with E-state index >= 15 is 0 Å². The first-order chi connectivity index (χ1) is 13.9. The Bertz CT molecular complexity index is 894. The number of ether oxygens (including phenoxy) is 2. The zero-order chi connectivity index (χ0) is 20.6. The average molecular weight is 404 g/mol. The molecule has 1 saturated heterocycles. The van der Waals surface area contributed by atoms with E-state index < -0.39 is 34.9 Å². The van der Waals surface area contributed by atoms with Gasteiger partial charge in [0.05, 0.1) is 24.2 Å². The summed E-state index contributed by atoms with van der Waals surface area (Å²) in [6, 6.07) is 1.89. The van der Waals surface area contributed by atoms with Crippen LogP contribution >= 0.6 is 0 Å². The minimum absolute atomic E-state index is 0.0908. The maximum atomic E-state index is 12.7. The van der Waals surface area contributed by atoms with Gasteiger partial charge in [-0.05, 0) is 12.8 Å². The predicted octanol–water partition coefficient (Wildman–Crippen LogP) is 1.56. The van der Waals surface area contributed by atoms with Crippen LogP contribution in [0, 0.1) is 10.1 Å². The topological polar surface area (TPSA) is 140 Å². The monoisotopic (exact) mass is 404 g/mol. The molecule has 2 fully saturated rings. The van der Waals surface area contributed by atoms with Crippen LogP contribution in [0.2, 0.25) is 0 Å². The van der Waals surface area contributed by atoms with E-state index in [2.05, 4.69) is 10.6 Å². The highest BCUT2D eigenvalue weighted by molar-refractivity contribution is 6.10. The van der Waals surface area contributed by atoms with Crippen molar-refractivity contribution in [3.05, 3.63) is 22.2 Å². The highest BCUT2D eigenvalue weighted by atomic mass is 16.6. The number of hydrogen-bond acceptors (Lipinski definition) is 7. The molecule has 4 rings (SSSR count). The van der Waals surface area contributed by atoms with Crippen molar-refractivity contribution < 1.29 is 28.8 Å². The third-order valence-electron chi connectivity index (χ3n) is 5.34. The van der Waals surface area contributed by atoms with Gasteiger partial charge < -0.3 is 20.1 Å². The van der Waals surface area contributed by atoms with Crippen LogP contribution in [0.25, 0.3) is 0 Å². The van der Waals surface area contributed by atoms with Gasteiger partial charge in [-0.25, -0.2) is 4.79 Å². The molecule has 0 bridgehead atoms. The van der Waals surface area contributed by atoms with Crippen LogP contribution in [0.5, 0.6) is 11.5 Å². The van der Waals surface area contributed by atoms with E-state index in [9.17, 15) is 24.5 Å². The molecule has 1 aromatic rings. The molecule has 1 spiro atoms. The Labute approximate surface area is 165 Å². The van der Waals surface area contributed by atoms with Crippen molar-refractivity contribution in [1.82, 2.24) is 10.2 Å². The number of anilines is 1. The van der Waals surface area contributed by atoms with Gasteiger partial charge >= 0.3 is 6.03 Å². The second-order valence-electron chi connectivity index (χ2n) is 7.28. The van der Waals surface area contributed by atoms with Gasteiger partial charge in [-0.2, -0.15) is 0 Å². The molecule has 4 amide bonds. The average Bonchev–Trinajstić information content (AvgIpc) is 3.13. The Balaban J connectivity index is 1.52. The number of hydrogen-bond donors (Lipinski definition) is 2. The first-order valence-corrected chi connectivity index (χ1v) is 9.42. The minimum atomic E-state index is -0.918. The summed E-state index contributed by atoms with van der Waals surface area (Å²) in [7, 11) is 0. The summed E-state index contributed by atoms with van der Waals surface area (Å²) < 4.78 is 10.9. The lowest BCUT2D eigenvalue weighted by Crippen LogP contribution is -2.44. The van der Waals surface area contributed by atoms with Gasteiger partial charge in [0.1, 0.15) is 17.8 Å². The van der Waals surface area contributed by atoms with E-state index in [0.29, 0.717) is 32.5 Å². The second-order valence-corrected chi connectivity index (χ2v) is 7.28. The molecule has 0 radical (unpaired) electrons. The largest absolute Gasteiger partial charge is 0.489 e. The summed E-state index contributed by atoms with van der Waals surface area (Å²) in [6.45, 7) is 0.213. The standard InChI is InChI=1S/C18H20N4O7/c23-15(10-21-16(24)18(20-17(21)25)4-1-2-5-18)19-11-8-13-14(9-12(11)22(26)27)29-7-3-6-28-13/h8-9H,1-7,10H2,(H,19,23)(H,20,25). The third kappa shape index (κ3) is 3.43. The lowest BCUT2D eigenvalue weighted by atomic mass is 9.98. The van der Waals surface area contributed by atoms with E-state index in [0.717, 1.165) is 17.7 Å². The summed E-state index contributed by atoms with van der Waals surface area (Å²) in [6.07, 6.45) is 3.37. The number of amides is 4. The maximum Gasteiger partial charge on any atom is 0.325 e. The molecule has 2 N–H and O–H groups in total. The number of nitrogens with one attached hydrogen (secondary N) is 2. The van der Waals surface area contributed by atoms with Crippen LogP contribution in [0.3, 0.4) is 0 Å². The number of nitro benzene ring substituents is 1. The Kier molecular flexibility index (Phi) is 4.73. The SMILES string of the molecule is O=C(CN1C(=O)NC2(CCCC2)C1=O)Nc1cc2c(cc1[N+](=O)[O-])OCCCO2. The number of nitro groups is 1. The zero-order valence-electron chi connectivity index (χ0n) is 15.6. The Morgan fingerprint density at radius 2 is 1.83 bits per heavy atom. The first kappa shape index (κ1) is 19.0. The van der Waals surface area contributed by atoms with Crippen molar-refractivity contribution in [2.24, 2.45) is 0 Å². The van der Waals surface area contributed by atoms with E-state index in [4.69, 9.17) is 9.47 Å².